The zero-order valence-corrected chi connectivity index (χ0v) is 12.7. The maximum atomic E-state index is 6.36. The Morgan fingerprint density at radius 3 is 2.85 bits per heavy atom. The molecule has 0 saturated heterocycles. The van der Waals surface area contributed by atoms with Gasteiger partial charge in [-0.25, -0.2) is 0 Å². The zero-order chi connectivity index (χ0) is 14.5. The summed E-state index contributed by atoms with van der Waals surface area (Å²) in [5.74, 6) is 0.975. The lowest BCUT2D eigenvalue weighted by Gasteiger charge is -2.34. The minimum Gasteiger partial charge on any atom is -0.341 e. The van der Waals surface area contributed by atoms with Crippen LogP contribution in [0.4, 0.5) is 0 Å². The summed E-state index contributed by atoms with van der Waals surface area (Å²) >= 11 is 0. The topological polar surface area (TPSA) is 61.7 Å². The highest BCUT2D eigenvalue weighted by molar-refractivity contribution is 5.34. The van der Waals surface area contributed by atoms with Crippen LogP contribution in [0.3, 0.4) is 0 Å². The molecule has 1 aliphatic carbocycles. The molecule has 3 rings (SSSR count). The van der Waals surface area contributed by atoms with E-state index in [0.29, 0.717) is 0 Å². The molecular formula is C15H23N5. The monoisotopic (exact) mass is 273 g/mol. The highest BCUT2D eigenvalue weighted by Gasteiger charge is 2.33. The smallest absolute Gasteiger partial charge is 0.152 e. The molecule has 0 fully saturated rings. The van der Waals surface area contributed by atoms with Crippen LogP contribution >= 0.6 is 0 Å². The van der Waals surface area contributed by atoms with Gasteiger partial charge in [0.2, 0.25) is 0 Å². The molecule has 0 aliphatic heterocycles. The normalized spacial score (nSPS) is 20.9. The summed E-state index contributed by atoms with van der Waals surface area (Å²) in [5.41, 5.74) is 10.6. The maximum Gasteiger partial charge on any atom is 0.152 e. The fraction of sp³-hybridized carbons (Fsp3) is 0.600. The first-order valence-corrected chi connectivity index (χ1v) is 7.15. The molecule has 0 bridgehead atoms. The van der Waals surface area contributed by atoms with Gasteiger partial charge in [-0.15, -0.1) is 10.2 Å². The number of fused-ring (bicyclic) bond motifs is 1. The number of aromatic nitrogens is 4. The van der Waals surface area contributed by atoms with E-state index in [-0.39, 0.29) is 11.5 Å². The molecule has 0 amide bonds. The molecule has 108 valence electrons. The van der Waals surface area contributed by atoms with Gasteiger partial charge in [-0.3, -0.25) is 0 Å². The van der Waals surface area contributed by atoms with Gasteiger partial charge in [0.1, 0.15) is 6.33 Å². The fourth-order valence-corrected chi connectivity index (χ4v) is 3.32. The van der Waals surface area contributed by atoms with Gasteiger partial charge in [-0.2, -0.15) is 0 Å². The van der Waals surface area contributed by atoms with E-state index in [0.717, 1.165) is 25.2 Å². The minimum atomic E-state index is 0.146. The van der Waals surface area contributed by atoms with Crippen LogP contribution in [-0.4, -0.2) is 19.3 Å². The first-order chi connectivity index (χ1) is 9.37. The molecule has 1 atom stereocenters. The van der Waals surface area contributed by atoms with Crippen molar-refractivity contribution < 1.29 is 0 Å². The Kier molecular flexibility index (Phi) is 2.97. The van der Waals surface area contributed by atoms with E-state index in [2.05, 4.69) is 41.6 Å². The highest BCUT2D eigenvalue weighted by Crippen LogP contribution is 2.40. The molecule has 0 spiro atoms. The molecular weight excluding hydrogens is 250 g/mol. The second kappa shape index (κ2) is 4.45. The summed E-state index contributed by atoms with van der Waals surface area (Å²) in [6.45, 7) is 7.50. The van der Waals surface area contributed by atoms with Gasteiger partial charge in [0.25, 0.3) is 0 Å². The second-order valence-corrected chi connectivity index (χ2v) is 6.78. The van der Waals surface area contributed by atoms with Crippen LogP contribution in [0.15, 0.2) is 12.4 Å². The quantitative estimate of drug-likeness (QED) is 0.909. The molecule has 0 saturated carbocycles. The van der Waals surface area contributed by atoms with Crippen LogP contribution in [0.25, 0.3) is 0 Å². The minimum absolute atomic E-state index is 0.146. The largest absolute Gasteiger partial charge is 0.341 e. The molecule has 0 aromatic carbocycles. The van der Waals surface area contributed by atoms with Crippen molar-refractivity contribution in [3.05, 3.63) is 35.2 Å². The Labute approximate surface area is 119 Å². The molecule has 1 unspecified atom stereocenters. The SMILES string of the molecule is Cc1cc2c(n1Cc1nncn1C)CC(C)(C)CC2N. The predicted molar refractivity (Wildman–Crippen MR) is 78.3 cm³/mol. The van der Waals surface area contributed by atoms with Crippen LogP contribution in [0.1, 0.15) is 49.1 Å². The van der Waals surface area contributed by atoms with E-state index in [1.807, 2.05) is 11.6 Å². The van der Waals surface area contributed by atoms with Crippen molar-refractivity contribution in [2.24, 2.45) is 18.2 Å². The molecule has 0 radical (unpaired) electrons. The van der Waals surface area contributed by atoms with Crippen molar-refractivity contribution in [1.82, 2.24) is 19.3 Å². The lowest BCUT2D eigenvalue weighted by molar-refractivity contribution is 0.275. The number of nitrogens with zero attached hydrogens (tertiary/aromatic N) is 4. The number of nitrogens with two attached hydrogens (primary N) is 1. The van der Waals surface area contributed by atoms with Crippen molar-refractivity contribution in [2.75, 3.05) is 0 Å². The fourth-order valence-electron chi connectivity index (χ4n) is 3.32. The molecule has 2 N–H and O–H groups in total. The van der Waals surface area contributed by atoms with Gasteiger partial charge in [0, 0.05) is 24.5 Å². The molecule has 5 heteroatoms. The van der Waals surface area contributed by atoms with Gasteiger partial charge in [-0.05, 0) is 36.8 Å². The predicted octanol–water partition coefficient (Wildman–Crippen LogP) is 1.95. The van der Waals surface area contributed by atoms with Gasteiger partial charge < -0.3 is 14.9 Å². The Balaban J connectivity index is 2.03. The maximum absolute atomic E-state index is 6.36. The van der Waals surface area contributed by atoms with Crippen molar-refractivity contribution in [1.29, 1.82) is 0 Å². The van der Waals surface area contributed by atoms with E-state index in [1.165, 1.54) is 17.0 Å². The van der Waals surface area contributed by atoms with Gasteiger partial charge in [-0.1, -0.05) is 13.8 Å². The van der Waals surface area contributed by atoms with Crippen molar-refractivity contribution in [3.8, 4) is 0 Å². The standard InChI is InChI=1S/C15H23N5/c1-10-5-11-12(16)6-15(2,3)7-13(11)20(10)8-14-18-17-9-19(14)4/h5,9,12H,6-8,16H2,1-4H3. The third kappa shape index (κ3) is 2.16. The third-order valence-corrected chi connectivity index (χ3v) is 4.37. The molecule has 2 aromatic rings. The number of hydrogen-bond acceptors (Lipinski definition) is 3. The summed E-state index contributed by atoms with van der Waals surface area (Å²) in [7, 11) is 1.98. The number of hydrogen-bond donors (Lipinski definition) is 1. The van der Waals surface area contributed by atoms with Crippen molar-refractivity contribution >= 4 is 0 Å². The Morgan fingerprint density at radius 1 is 1.45 bits per heavy atom. The van der Waals surface area contributed by atoms with E-state index < -0.39 is 0 Å². The average molecular weight is 273 g/mol. The summed E-state index contributed by atoms with van der Waals surface area (Å²) in [6, 6.07) is 2.39. The van der Waals surface area contributed by atoms with E-state index in [1.54, 1.807) is 6.33 Å². The summed E-state index contributed by atoms with van der Waals surface area (Å²) in [4.78, 5) is 0. The van der Waals surface area contributed by atoms with Crippen LogP contribution in [0.5, 0.6) is 0 Å². The Bertz CT molecular complexity index is 635. The van der Waals surface area contributed by atoms with E-state index in [9.17, 15) is 0 Å². The van der Waals surface area contributed by atoms with Gasteiger partial charge >= 0.3 is 0 Å². The summed E-state index contributed by atoms with van der Waals surface area (Å²) < 4.78 is 4.32. The lowest BCUT2D eigenvalue weighted by atomic mass is 9.74. The lowest BCUT2D eigenvalue weighted by Crippen LogP contribution is -2.30. The Hall–Kier alpha value is -1.62. The molecule has 2 heterocycles. The second-order valence-electron chi connectivity index (χ2n) is 6.78. The Morgan fingerprint density at radius 2 is 2.20 bits per heavy atom. The zero-order valence-electron chi connectivity index (χ0n) is 12.7. The van der Waals surface area contributed by atoms with Crippen LogP contribution in [-0.2, 0) is 20.0 Å². The molecule has 1 aliphatic rings. The third-order valence-electron chi connectivity index (χ3n) is 4.37. The number of aryl methyl sites for hydroxylation is 2. The van der Waals surface area contributed by atoms with Crippen LogP contribution in [0, 0.1) is 12.3 Å². The molecule has 2 aromatic heterocycles. The first kappa shape index (κ1) is 13.4. The highest BCUT2D eigenvalue weighted by atomic mass is 15.3. The van der Waals surface area contributed by atoms with Crippen molar-refractivity contribution in [3.63, 3.8) is 0 Å². The van der Waals surface area contributed by atoms with Gasteiger partial charge in [0.05, 0.1) is 6.54 Å². The van der Waals surface area contributed by atoms with Crippen LogP contribution in [0.2, 0.25) is 0 Å². The van der Waals surface area contributed by atoms with Crippen molar-refractivity contribution in [2.45, 2.75) is 46.2 Å². The van der Waals surface area contributed by atoms with Crippen LogP contribution < -0.4 is 5.73 Å². The van der Waals surface area contributed by atoms with Gasteiger partial charge in [0.15, 0.2) is 5.82 Å². The first-order valence-electron chi connectivity index (χ1n) is 7.15. The number of rotatable bonds is 2. The van der Waals surface area contributed by atoms with E-state index in [4.69, 9.17) is 5.73 Å². The molecule has 5 nitrogen and oxygen atoms in total. The molecule has 20 heavy (non-hydrogen) atoms. The van der Waals surface area contributed by atoms with E-state index >= 15 is 0 Å². The summed E-state index contributed by atoms with van der Waals surface area (Å²) in [6.07, 6.45) is 3.87. The average Bonchev–Trinajstić information content (AvgIpc) is 2.86. The summed E-state index contributed by atoms with van der Waals surface area (Å²) in [5, 5.41) is 8.16.